The molecule has 3 fully saturated rings. The van der Waals surface area contributed by atoms with Crippen molar-refractivity contribution in [1.82, 2.24) is 0 Å². The SMILES string of the molecule is CCC/C=C/C=C/C(=O)O[C@@H]1/C(=C/C(=O)OC)C[C@H]2CC(C(C)O)OC(=O)C[C@H](O)C[C@@H]3C[C@H](OC(C)=O)C(C)(C)C(O)(C[C@@H]4C/C(=C/C(=O)OC)C[C@H](/C=C/C(C)(C)[C@]1(O)O2)O4)O3. The Hall–Kier alpha value is -4.23. The van der Waals surface area contributed by atoms with Crippen LogP contribution in [0.25, 0.3) is 0 Å². The topological polar surface area (TPSA) is 240 Å². The lowest BCUT2D eigenvalue weighted by molar-refractivity contribution is -0.348. The highest BCUT2D eigenvalue weighted by molar-refractivity contribution is 5.85. The van der Waals surface area contributed by atoms with Gasteiger partial charge in [-0.05, 0) is 38.2 Å². The minimum absolute atomic E-state index is 0.0721. The van der Waals surface area contributed by atoms with Crippen LogP contribution in [0, 0.1) is 10.8 Å². The predicted molar refractivity (Wildman–Crippen MR) is 228 cm³/mol. The number of hydrogen-bond donors (Lipinski definition) is 4. The molecule has 0 amide bonds. The summed E-state index contributed by atoms with van der Waals surface area (Å²) in [5.41, 5.74) is -2.06. The highest BCUT2D eigenvalue weighted by atomic mass is 16.7. The van der Waals surface area contributed by atoms with Crippen LogP contribution in [0.3, 0.4) is 0 Å². The molecule has 0 aliphatic carbocycles. The van der Waals surface area contributed by atoms with E-state index in [0.29, 0.717) is 5.57 Å². The number of methoxy groups -OCH3 is 2. The summed E-state index contributed by atoms with van der Waals surface area (Å²) in [5, 5.41) is 47.5. The maximum absolute atomic E-state index is 13.4. The molecule has 0 saturated carbocycles. The summed E-state index contributed by atoms with van der Waals surface area (Å²) in [6.07, 6.45) is 2.55. The van der Waals surface area contributed by atoms with Crippen molar-refractivity contribution in [2.75, 3.05) is 14.2 Å². The standard InChI is InChI=1S/C47H68O17/c1-10-11-12-13-14-15-39(51)62-43-31(22-41(53)58-9)21-34-25-37(28(2)48)61-42(54)24-32(50)23-35-26-38(59-29(3)49)45(6,7)46(55,63-35)27-36-19-30(20-40(52)57-8)18-33(60-36)16-17-44(4,5)47(43,56)64-34/h12-17,20,22,28,32-38,43,48,50,55-56H,10-11,18-19,21,23-27H2,1-9H3/b13-12+,15-14+,17-16+,30-20+,31-22+/t28?,32-,33+,34+,35-,36+,37?,38+,43-,46?,47-/m1/s1. The van der Waals surface area contributed by atoms with Gasteiger partial charge in [-0.25, -0.2) is 14.4 Å². The van der Waals surface area contributed by atoms with Gasteiger partial charge in [-0.3, -0.25) is 9.59 Å². The molecule has 4 N–H and O–H groups in total. The van der Waals surface area contributed by atoms with E-state index in [1.165, 1.54) is 33.1 Å². The quantitative estimate of drug-likeness (QED) is 0.0830. The Labute approximate surface area is 375 Å². The van der Waals surface area contributed by atoms with E-state index in [0.717, 1.165) is 32.1 Å². The molecule has 0 aromatic rings. The van der Waals surface area contributed by atoms with Crippen molar-refractivity contribution in [3.05, 3.63) is 59.8 Å². The number of ether oxygens (including phenoxy) is 8. The molecular formula is C47H68O17. The third kappa shape index (κ3) is 13.4. The van der Waals surface area contributed by atoms with Crippen LogP contribution in [-0.2, 0) is 61.9 Å². The van der Waals surface area contributed by atoms with Gasteiger partial charge in [0.15, 0.2) is 11.9 Å². The largest absolute Gasteiger partial charge is 0.466 e. The molecule has 0 aromatic carbocycles. The monoisotopic (exact) mass is 904 g/mol. The summed E-state index contributed by atoms with van der Waals surface area (Å²) in [6.45, 7) is 11.2. The molecule has 0 radical (unpaired) electrons. The first-order valence-electron chi connectivity index (χ1n) is 21.9. The van der Waals surface area contributed by atoms with E-state index in [1.807, 2.05) is 13.0 Å². The summed E-state index contributed by atoms with van der Waals surface area (Å²) in [7, 11) is 2.40. The summed E-state index contributed by atoms with van der Waals surface area (Å²) >= 11 is 0. The smallest absolute Gasteiger partial charge is 0.331 e. The maximum Gasteiger partial charge on any atom is 0.331 e. The minimum Gasteiger partial charge on any atom is -0.466 e. The fourth-order valence-corrected chi connectivity index (χ4v) is 8.57. The Morgan fingerprint density at radius 2 is 1.56 bits per heavy atom. The zero-order chi connectivity index (χ0) is 47.6. The van der Waals surface area contributed by atoms with E-state index in [9.17, 15) is 44.4 Å². The van der Waals surface area contributed by atoms with Crippen LogP contribution in [0.4, 0.5) is 0 Å². The number of cyclic esters (lactones) is 1. The van der Waals surface area contributed by atoms with Crippen LogP contribution < -0.4 is 0 Å². The average Bonchev–Trinajstić information content (AvgIpc) is 3.19. The number of fused-ring (bicyclic) bond motifs is 6. The van der Waals surface area contributed by atoms with E-state index in [4.69, 9.17) is 37.9 Å². The third-order valence-corrected chi connectivity index (χ3v) is 12.4. The molecule has 4 heterocycles. The Kier molecular flexibility index (Phi) is 18.3. The van der Waals surface area contributed by atoms with Gasteiger partial charge in [-0.1, -0.05) is 77.0 Å². The number of carbonyl (C=O) groups excluding carboxylic acids is 5. The molecule has 17 nitrogen and oxygen atoms in total. The van der Waals surface area contributed by atoms with Gasteiger partial charge >= 0.3 is 29.8 Å². The number of aliphatic hydroxyl groups is 4. The molecule has 4 aliphatic rings. The first-order valence-corrected chi connectivity index (χ1v) is 21.9. The van der Waals surface area contributed by atoms with Crippen molar-refractivity contribution in [3.63, 3.8) is 0 Å². The van der Waals surface area contributed by atoms with E-state index in [1.54, 1.807) is 45.9 Å². The molecule has 64 heavy (non-hydrogen) atoms. The molecule has 3 unspecified atom stereocenters. The second-order valence-electron chi connectivity index (χ2n) is 18.3. The summed E-state index contributed by atoms with van der Waals surface area (Å²) in [6, 6.07) is 0. The van der Waals surface area contributed by atoms with Crippen LogP contribution in [0.2, 0.25) is 0 Å². The second-order valence-corrected chi connectivity index (χ2v) is 18.3. The van der Waals surface area contributed by atoms with E-state index in [-0.39, 0.29) is 50.5 Å². The zero-order valence-electron chi connectivity index (χ0n) is 38.5. The van der Waals surface area contributed by atoms with Crippen molar-refractivity contribution < 1.29 is 82.3 Å². The Balaban J connectivity index is 1.89. The van der Waals surface area contributed by atoms with Crippen molar-refractivity contribution in [2.24, 2.45) is 10.8 Å². The lowest BCUT2D eigenvalue weighted by Crippen LogP contribution is -2.62. The lowest BCUT2D eigenvalue weighted by atomic mass is 9.70. The molecule has 4 aliphatic heterocycles. The first-order chi connectivity index (χ1) is 29.9. The number of allylic oxidation sites excluding steroid dienone is 3. The van der Waals surface area contributed by atoms with Gasteiger partial charge in [0.1, 0.15) is 12.2 Å². The Bertz CT molecular complexity index is 1830. The van der Waals surface area contributed by atoms with E-state index < -0.39 is 114 Å². The third-order valence-electron chi connectivity index (χ3n) is 12.4. The summed E-state index contributed by atoms with van der Waals surface area (Å²) in [5.74, 6) is -8.31. The molecule has 0 spiro atoms. The molecule has 3 saturated heterocycles. The van der Waals surface area contributed by atoms with Crippen LogP contribution in [0.5, 0.6) is 0 Å². The molecule has 17 heteroatoms. The van der Waals surface area contributed by atoms with Gasteiger partial charge in [0.25, 0.3) is 0 Å². The van der Waals surface area contributed by atoms with Crippen molar-refractivity contribution in [2.45, 2.75) is 179 Å². The molecule has 0 aromatic heterocycles. The predicted octanol–water partition coefficient (Wildman–Crippen LogP) is 4.28. The molecule has 358 valence electrons. The lowest BCUT2D eigenvalue weighted by Gasteiger charge is -2.53. The Morgan fingerprint density at radius 1 is 0.875 bits per heavy atom. The van der Waals surface area contributed by atoms with Crippen molar-refractivity contribution in [1.29, 1.82) is 0 Å². The summed E-state index contributed by atoms with van der Waals surface area (Å²) in [4.78, 5) is 64.7. The van der Waals surface area contributed by atoms with Gasteiger partial charge in [-0.2, -0.15) is 0 Å². The van der Waals surface area contributed by atoms with Crippen LogP contribution in [-0.4, -0.2) is 131 Å². The second kappa shape index (κ2) is 22.3. The van der Waals surface area contributed by atoms with Crippen LogP contribution in [0.1, 0.15) is 113 Å². The minimum atomic E-state index is -2.47. The molecule has 4 rings (SSSR count). The fraction of sp³-hybridized carbons (Fsp3) is 0.681. The average molecular weight is 905 g/mol. The van der Waals surface area contributed by atoms with Crippen molar-refractivity contribution >= 4 is 29.8 Å². The molecule has 11 atom stereocenters. The summed E-state index contributed by atoms with van der Waals surface area (Å²) < 4.78 is 46.7. The Morgan fingerprint density at radius 3 is 2.20 bits per heavy atom. The van der Waals surface area contributed by atoms with E-state index >= 15 is 0 Å². The number of rotatable bonds is 9. The zero-order valence-corrected chi connectivity index (χ0v) is 38.5. The van der Waals surface area contributed by atoms with Gasteiger partial charge in [0, 0.05) is 56.3 Å². The normalized spacial score (nSPS) is 35.8. The van der Waals surface area contributed by atoms with Crippen LogP contribution in [0.15, 0.2) is 59.8 Å². The van der Waals surface area contributed by atoms with Gasteiger partial charge in [-0.15, -0.1) is 0 Å². The number of unbranched alkanes of at least 4 members (excludes halogenated alkanes) is 1. The van der Waals surface area contributed by atoms with Crippen molar-refractivity contribution in [3.8, 4) is 0 Å². The number of esters is 5. The highest BCUT2D eigenvalue weighted by Crippen LogP contribution is 2.50. The first kappa shape index (κ1) is 52.4. The van der Waals surface area contributed by atoms with Gasteiger partial charge in [0.2, 0.25) is 5.79 Å². The highest BCUT2D eigenvalue weighted by Gasteiger charge is 2.59. The van der Waals surface area contributed by atoms with E-state index in [2.05, 4.69) is 0 Å². The number of hydrogen-bond acceptors (Lipinski definition) is 17. The number of aliphatic hydroxyl groups excluding tert-OH is 2. The van der Waals surface area contributed by atoms with Crippen LogP contribution >= 0.6 is 0 Å². The van der Waals surface area contributed by atoms with Gasteiger partial charge < -0.3 is 58.3 Å². The molecule has 6 bridgehead atoms. The van der Waals surface area contributed by atoms with Gasteiger partial charge in [0.05, 0.1) is 62.7 Å². The number of carbonyl (C=O) groups is 5. The molecular weight excluding hydrogens is 836 g/mol. The maximum atomic E-state index is 13.4. The fourth-order valence-electron chi connectivity index (χ4n) is 8.57.